The van der Waals surface area contributed by atoms with Crippen molar-refractivity contribution in [2.24, 2.45) is 5.73 Å². The standard InChI is InChI=1S/C24H26N2O3.C8H11N.C2H2/c1-29-23(27)16-22(14-9-18-6-3-2-4-7-18)26-24(28)20-12-10-19(11-13-20)21-8-5-15-25-17-21;1-7-3-2-4-8(5-7)6-9;1-2/h2-8,10,12-13,15,17,19,22H,9,11,14,16H2,1H3,(H,26,28);2-5H,6,9H2,1H3;1-2H/t19?,22-;;/m1../s1. The summed E-state index contributed by atoms with van der Waals surface area (Å²) in [5, 5.41) is 3.01. The van der Waals surface area contributed by atoms with E-state index in [2.05, 4.69) is 42.2 Å². The topological polar surface area (TPSA) is 94.3 Å². The molecule has 40 heavy (non-hydrogen) atoms. The fourth-order valence-corrected chi connectivity index (χ4v) is 4.23. The zero-order valence-corrected chi connectivity index (χ0v) is 23.3. The van der Waals surface area contributed by atoms with Crippen LogP contribution < -0.4 is 11.1 Å². The summed E-state index contributed by atoms with van der Waals surface area (Å²) in [6.45, 7) is 2.71. The Morgan fingerprint density at radius 2 is 1.82 bits per heavy atom. The Morgan fingerprint density at radius 3 is 2.40 bits per heavy atom. The van der Waals surface area contributed by atoms with Crippen LogP contribution in [0, 0.1) is 19.8 Å². The number of pyridine rings is 1. The maximum Gasteiger partial charge on any atom is 0.307 e. The van der Waals surface area contributed by atoms with E-state index in [9.17, 15) is 9.59 Å². The Kier molecular flexibility index (Phi) is 14.2. The molecule has 0 fully saturated rings. The first-order chi connectivity index (χ1) is 19.5. The zero-order chi connectivity index (χ0) is 29.2. The molecule has 6 nitrogen and oxygen atoms in total. The van der Waals surface area contributed by atoms with Crippen LogP contribution in [0.2, 0.25) is 0 Å². The number of nitrogens with zero attached hydrogens (tertiary/aromatic N) is 1. The summed E-state index contributed by atoms with van der Waals surface area (Å²) in [5.41, 5.74) is 10.8. The van der Waals surface area contributed by atoms with Crippen molar-refractivity contribution in [2.75, 3.05) is 7.11 Å². The van der Waals surface area contributed by atoms with E-state index in [1.54, 1.807) is 6.20 Å². The number of rotatable bonds is 9. The second-order valence-corrected chi connectivity index (χ2v) is 9.32. The Hall–Kier alpha value is -4.47. The minimum absolute atomic E-state index is 0.157. The Balaban J connectivity index is 0.000000428. The molecule has 3 aromatic rings. The van der Waals surface area contributed by atoms with Gasteiger partial charge in [-0.15, -0.1) is 12.8 Å². The number of esters is 1. The van der Waals surface area contributed by atoms with Gasteiger partial charge in [0.2, 0.25) is 0 Å². The van der Waals surface area contributed by atoms with Gasteiger partial charge in [-0.1, -0.05) is 84.5 Å². The van der Waals surface area contributed by atoms with Crippen molar-refractivity contribution < 1.29 is 14.3 Å². The molecule has 0 saturated heterocycles. The van der Waals surface area contributed by atoms with Crippen LogP contribution in [0.25, 0.3) is 0 Å². The summed E-state index contributed by atoms with van der Waals surface area (Å²) in [5.74, 6) is -0.259. The molecule has 1 aromatic heterocycles. The summed E-state index contributed by atoms with van der Waals surface area (Å²) in [7, 11) is 1.36. The molecule has 208 valence electrons. The quantitative estimate of drug-likeness (QED) is 0.280. The molecule has 1 unspecified atom stereocenters. The van der Waals surface area contributed by atoms with Crippen LogP contribution >= 0.6 is 0 Å². The number of terminal acetylenes is 1. The predicted molar refractivity (Wildman–Crippen MR) is 161 cm³/mol. The van der Waals surface area contributed by atoms with Gasteiger partial charge in [0.05, 0.1) is 13.5 Å². The van der Waals surface area contributed by atoms with Gasteiger partial charge in [-0.25, -0.2) is 0 Å². The molecule has 0 aliphatic heterocycles. The lowest BCUT2D eigenvalue weighted by Gasteiger charge is -2.20. The Labute approximate surface area is 238 Å². The van der Waals surface area contributed by atoms with Crippen molar-refractivity contribution in [2.45, 2.75) is 51.1 Å². The smallest absolute Gasteiger partial charge is 0.307 e. The van der Waals surface area contributed by atoms with Crippen molar-refractivity contribution in [1.82, 2.24) is 10.3 Å². The summed E-state index contributed by atoms with van der Waals surface area (Å²) in [4.78, 5) is 28.7. The van der Waals surface area contributed by atoms with E-state index in [1.165, 1.54) is 23.8 Å². The second kappa shape index (κ2) is 17.9. The van der Waals surface area contributed by atoms with E-state index in [1.807, 2.05) is 79.0 Å². The number of hydrogen-bond donors (Lipinski definition) is 2. The second-order valence-electron chi connectivity index (χ2n) is 9.32. The molecule has 6 heteroatoms. The number of amides is 1. The number of benzene rings is 2. The van der Waals surface area contributed by atoms with Gasteiger partial charge < -0.3 is 15.8 Å². The van der Waals surface area contributed by atoms with E-state index in [4.69, 9.17) is 10.5 Å². The number of methoxy groups -OCH3 is 1. The molecule has 1 amide bonds. The molecule has 1 heterocycles. The SMILES string of the molecule is C#C.COC(=O)C[C@@H](CCc1ccccc1)NC(=O)C1=CCC(c2cccnc2)C=C1.Cc1cccc(CN)c1. The summed E-state index contributed by atoms with van der Waals surface area (Å²) in [6, 6.07) is 21.9. The maximum atomic E-state index is 12.7. The highest BCUT2D eigenvalue weighted by atomic mass is 16.5. The average Bonchev–Trinajstić information content (AvgIpc) is 3.02. The van der Waals surface area contributed by atoms with Crippen LogP contribution in [-0.4, -0.2) is 30.0 Å². The number of aryl methyl sites for hydroxylation is 2. The van der Waals surface area contributed by atoms with Gasteiger partial charge in [0, 0.05) is 36.5 Å². The first kappa shape index (κ1) is 31.7. The van der Waals surface area contributed by atoms with Crippen LogP contribution in [0.15, 0.2) is 103 Å². The molecular weight excluding hydrogens is 498 g/mol. The number of carbonyl (C=O) groups is 2. The van der Waals surface area contributed by atoms with Gasteiger partial charge in [-0.2, -0.15) is 0 Å². The predicted octanol–water partition coefficient (Wildman–Crippen LogP) is 5.44. The zero-order valence-electron chi connectivity index (χ0n) is 23.3. The molecule has 1 aliphatic rings. The lowest BCUT2D eigenvalue weighted by Crippen LogP contribution is -2.38. The molecule has 2 aromatic carbocycles. The number of nitrogens with two attached hydrogens (primary N) is 1. The number of aromatic nitrogens is 1. The minimum atomic E-state index is -0.326. The van der Waals surface area contributed by atoms with Gasteiger partial charge >= 0.3 is 5.97 Å². The van der Waals surface area contributed by atoms with Crippen molar-refractivity contribution >= 4 is 11.9 Å². The highest BCUT2D eigenvalue weighted by Gasteiger charge is 2.20. The Bertz CT molecular complexity index is 1270. The highest BCUT2D eigenvalue weighted by Crippen LogP contribution is 2.26. The molecule has 4 rings (SSSR count). The third-order valence-electron chi connectivity index (χ3n) is 6.39. The van der Waals surface area contributed by atoms with E-state index in [-0.39, 0.29) is 30.3 Å². The molecule has 0 saturated carbocycles. The van der Waals surface area contributed by atoms with Gasteiger partial charge in [0.15, 0.2) is 0 Å². The van der Waals surface area contributed by atoms with Crippen LogP contribution in [0.3, 0.4) is 0 Å². The Morgan fingerprint density at radius 1 is 1.07 bits per heavy atom. The number of carbonyl (C=O) groups excluding carboxylic acids is 2. The summed E-state index contributed by atoms with van der Waals surface area (Å²) >= 11 is 0. The molecule has 0 radical (unpaired) electrons. The van der Waals surface area contributed by atoms with Gasteiger partial charge in [-0.05, 0) is 48.9 Å². The summed E-state index contributed by atoms with van der Waals surface area (Å²) < 4.78 is 4.80. The number of ether oxygens (including phenoxy) is 1. The summed E-state index contributed by atoms with van der Waals surface area (Å²) in [6.07, 6.45) is 19.8. The molecule has 1 aliphatic carbocycles. The molecule has 0 bridgehead atoms. The van der Waals surface area contributed by atoms with Crippen LogP contribution in [0.1, 0.15) is 47.4 Å². The fourth-order valence-electron chi connectivity index (χ4n) is 4.23. The van der Waals surface area contributed by atoms with E-state index < -0.39 is 0 Å². The normalized spacial score (nSPS) is 14.2. The van der Waals surface area contributed by atoms with E-state index >= 15 is 0 Å². The molecular formula is C34H39N3O3. The minimum Gasteiger partial charge on any atom is -0.469 e. The number of hydrogen-bond acceptors (Lipinski definition) is 5. The molecule has 2 atom stereocenters. The number of allylic oxidation sites excluding steroid dienone is 2. The van der Waals surface area contributed by atoms with Gasteiger partial charge in [0.25, 0.3) is 5.91 Å². The number of nitrogens with one attached hydrogen (secondary N) is 1. The van der Waals surface area contributed by atoms with Crippen molar-refractivity contribution in [3.8, 4) is 12.8 Å². The lowest BCUT2D eigenvalue weighted by atomic mass is 9.91. The van der Waals surface area contributed by atoms with Crippen molar-refractivity contribution in [1.29, 1.82) is 0 Å². The maximum absolute atomic E-state index is 12.7. The fraction of sp³-hybridized carbons (Fsp3) is 0.265. The van der Waals surface area contributed by atoms with E-state index in [0.29, 0.717) is 18.5 Å². The highest BCUT2D eigenvalue weighted by molar-refractivity contribution is 5.96. The van der Waals surface area contributed by atoms with Gasteiger partial charge in [0.1, 0.15) is 0 Å². The lowest BCUT2D eigenvalue weighted by molar-refractivity contribution is -0.141. The third kappa shape index (κ3) is 11.1. The van der Waals surface area contributed by atoms with Crippen LogP contribution in [-0.2, 0) is 27.3 Å². The van der Waals surface area contributed by atoms with E-state index in [0.717, 1.165) is 18.4 Å². The first-order valence-electron chi connectivity index (χ1n) is 13.3. The van der Waals surface area contributed by atoms with Crippen molar-refractivity contribution in [3.05, 3.63) is 125 Å². The largest absolute Gasteiger partial charge is 0.469 e. The monoisotopic (exact) mass is 537 g/mol. The van der Waals surface area contributed by atoms with Crippen molar-refractivity contribution in [3.63, 3.8) is 0 Å². The average molecular weight is 538 g/mol. The molecule has 0 spiro atoms. The van der Waals surface area contributed by atoms with Crippen LogP contribution in [0.4, 0.5) is 0 Å². The molecule has 3 N–H and O–H groups in total. The van der Waals surface area contributed by atoms with Crippen LogP contribution in [0.5, 0.6) is 0 Å². The third-order valence-corrected chi connectivity index (χ3v) is 6.39. The first-order valence-corrected chi connectivity index (χ1v) is 13.3. The van der Waals surface area contributed by atoms with Gasteiger partial charge in [-0.3, -0.25) is 14.6 Å².